The van der Waals surface area contributed by atoms with Crippen LogP contribution in [-0.2, 0) is 5.41 Å². The smallest absolute Gasteiger partial charge is 0.0146 e. The maximum Gasteiger partial charge on any atom is 0.0146 e. The molecule has 1 spiro atoms. The van der Waals surface area contributed by atoms with Gasteiger partial charge in [0, 0.05) is 11.5 Å². The van der Waals surface area contributed by atoms with Crippen molar-refractivity contribution in [2.75, 3.05) is 0 Å². The standard InChI is InChI=1S/C12H15N/c1-8-6-12(7-11(12)13)10-5-3-2-4-9(8)10/h2-5,8,11H,6-7,13H2,1H3. The second kappa shape index (κ2) is 2.16. The molecule has 1 heteroatoms. The van der Waals surface area contributed by atoms with Crippen LogP contribution in [0.3, 0.4) is 0 Å². The highest BCUT2D eigenvalue weighted by Crippen LogP contribution is 2.59. The van der Waals surface area contributed by atoms with E-state index in [-0.39, 0.29) is 0 Å². The SMILES string of the molecule is CC1CC2(CC2N)c2ccccc21. The van der Waals surface area contributed by atoms with Gasteiger partial charge < -0.3 is 5.73 Å². The number of rotatable bonds is 0. The molecular formula is C12H15N. The summed E-state index contributed by atoms with van der Waals surface area (Å²) >= 11 is 0. The Kier molecular flexibility index (Phi) is 1.26. The molecule has 0 amide bonds. The summed E-state index contributed by atoms with van der Waals surface area (Å²) in [5, 5.41) is 0. The van der Waals surface area contributed by atoms with Gasteiger partial charge in [-0.25, -0.2) is 0 Å². The Balaban J connectivity index is 2.17. The summed E-state index contributed by atoms with van der Waals surface area (Å²) in [7, 11) is 0. The van der Waals surface area contributed by atoms with Crippen molar-refractivity contribution in [3.8, 4) is 0 Å². The predicted octanol–water partition coefficient (Wildman–Crippen LogP) is 2.16. The van der Waals surface area contributed by atoms with Crippen LogP contribution in [0.1, 0.15) is 36.8 Å². The summed E-state index contributed by atoms with van der Waals surface area (Å²) in [6.45, 7) is 2.32. The Hall–Kier alpha value is -0.820. The highest BCUT2D eigenvalue weighted by Gasteiger charge is 2.57. The molecule has 2 aliphatic carbocycles. The lowest BCUT2D eigenvalue weighted by molar-refractivity contribution is 0.594. The van der Waals surface area contributed by atoms with E-state index in [0.29, 0.717) is 17.4 Å². The third kappa shape index (κ3) is 0.806. The number of nitrogens with two attached hydrogens (primary N) is 1. The fourth-order valence-corrected chi connectivity index (χ4v) is 3.02. The van der Waals surface area contributed by atoms with Gasteiger partial charge in [0.25, 0.3) is 0 Å². The van der Waals surface area contributed by atoms with Gasteiger partial charge in [-0.3, -0.25) is 0 Å². The molecule has 0 radical (unpaired) electrons. The largest absolute Gasteiger partial charge is 0.327 e. The molecule has 0 bridgehead atoms. The van der Waals surface area contributed by atoms with Crippen LogP contribution < -0.4 is 5.73 Å². The van der Waals surface area contributed by atoms with Gasteiger partial charge in [-0.2, -0.15) is 0 Å². The quantitative estimate of drug-likeness (QED) is 0.639. The number of hydrogen-bond donors (Lipinski definition) is 1. The molecule has 1 nitrogen and oxygen atoms in total. The van der Waals surface area contributed by atoms with Crippen molar-refractivity contribution in [1.82, 2.24) is 0 Å². The lowest BCUT2D eigenvalue weighted by Crippen LogP contribution is -2.15. The zero-order valence-electron chi connectivity index (χ0n) is 7.96. The van der Waals surface area contributed by atoms with E-state index in [1.54, 1.807) is 0 Å². The van der Waals surface area contributed by atoms with E-state index < -0.39 is 0 Å². The molecule has 3 rings (SSSR count). The molecule has 68 valence electrons. The lowest BCUT2D eigenvalue weighted by Gasteiger charge is -2.08. The summed E-state index contributed by atoms with van der Waals surface area (Å²) < 4.78 is 0. The zero-order valence-corrected chi connectivity index (χ0v) is 7.96. The number of hydrogen-bond acceptors (Lipinski definition) is 1. The predicted molar refractivity (Wildman–Crippen MR) is 53.7 cm³/mol. The van der Waals surface area contributed by atoms with Gasteiger partial charge in [-0.15, -0.1) is 0 Å². The Morgan fingerprint density at radius 3 is 2.69 bits per heavy atom. The average Bonchev–Trinajstić information content (AvgIpc) is 2.68. The van der Waals surface area contributed by atoms with Crippen LogP contribution in [0.4, 0.5) is 0 Å². The zero-order chi connectivity index (χ0) is 9.05. The van der Waals surface area contributed by atoms with Crippen LogP contribution in [0.2, 0.25) is 0 Å². The molecular weight excluding hydrogens is 158 g/mol. The van der Waals surface area contributed by atoms with E-state index in [0.717, 1.165) is 0 Å². The minimum Gasteiger partial charge on any atom is -0.327 e. The molecule has 0 aromatic heterocycles. The Morgan fingerprint density at radius 1 is 1.31 bits per heavy atom. The third-order valence-corrected chi connectivity index (χ3v) is 3.83. The summed E-state index contributed by atoms with van der Waals surface area (Å²) in [5.74, 6) is 0.713. The molecule has 1 aromatic rings. The third-order valence-electron chi connectivity index (χ3n) is 3.83. The highest BCUT2D eigenvalue weighted by atomic mass is 14.8. The molecule has 3 atom stereocenters. The van der Waals surface area contributed by atoms with Crippen LogP contribution in [0, 0.1) is 0 Å². The average molecular weight is 173 g/mol. The first-order valence-electron chi connectivity index (χ1n) is 5.09. The molecule has 1 aromatic carbocycles. The van der Waals surface area contributed by atoms with Crippen molar-refractivity contribution in [2.45, 2.75) is 37.1 Å². The lowest BCUT2D eigenvalue weighted by atomic mass is 9.97. The normalized spacial score (nSPS) is 40.8. The second-order valence-corrected chi connectivity index (χ2v) is 4.66. The monoisotopic (exact) mass is 173 g/mol. The topological polar surface area (TPSA) is 26.0 Å². The number of benzene rings is 1. The Bertz CT molecular complexity index is 358. The van der Waals surface area contributed by atoms with E-state index in [2.05, 4.69) is 31.2 Å². The van der Waals surface area contributed by atoms with Gasteiger partial charge in [0.1, 0.15) is 0 Å². The van der Waals surface area contributed by atoms with Crippen molar-refractivity contribution >= 4 is 0 Å². The van der Waals surface area contributed by atoms with Crippen LogP contribution in [0.5, 0.6) is 0 Å². The van der Waals surface area contributed by atoms with Gasteiger partial charge in [0.05, 0.1) is 0 Å². The molecule has 2 aliphatic rings. The molecule has 2 N–H and O–H groups in total. The van der Waals surface area contributed by atoms with Crippen LogP contribution in [0.15, 0.2) is 24.3 Å². The van der Waals surface area contributed by atoms with Gasteiger partial charge in [-0.05, 0) is 29.9 Å². The fraction of sp³-hybridized carbons (Fsp3) is 0.500. The summed E-state index contributed by atoms with van der Waals surface area (Å²) in [6, 6.07) is 9.25. The van der Waals surface area contributed by atoms with Crippen LogP contribution >= 0.6 is 0 Å². The first kappa shape index (κ1) is 7.57. The van der Waals surface area contributed by atoms with Gasteiger partial charge in [-0.1, -0.05) is 31.2 Å². The Morgan fingerprint density at radius 2 is 2.00 bits per heavy atom. The van der Waals surface area contributed by atoms with Gasteiger partial charge >= 0.3 is 0 Å². The molecule has 1 fully saturated rings. The van der Waals surface area contributed by atoms with Crippen molar-refractivity contribution in [2.24, 2.45) is 5.73 Å². The molecule has 13 heavy (non-hydrogen) atoms. The second-order valence-electron chi connectivity index (χ2n) is 4.66. The Labute approximate surface area is 78.9 Å². The van der Waals surface area contributed by atoms with E-state index in [1.807, 2.05) is 0 Å². The molecule has 1 saturated carbocycles. The van der Waals surface area contributed by atoms with Crippen molar-refractivity contribution in [3.05, 3.63) is 35.4 Å². The first-order chi connectivity index (χ1) is 6.24. The fourth-order valence-electron chi connectivity index (χ4n) is 3.02. The minimum atomic E-state index is 0.385. The minimum absolute atomic E-state index is 0.385. The maximum absolute atomic E-state index is 6.04. The molecule has 3 unspecified atom stereocenters. The maximum atomic E-state index is 6.04. The summed E-state index contributed by atoms with van der Waals surface area (Å²) in [4.78, 5) is 0. The summed E-state index contributed by atoms with van der Waals surface area (Å²) in [5.41, 5.74) is 9.50. The summed E-state index contributed by atoms with van der Waals surface area (Å²) in [6.07, 6.45) is 2.47. The van der Waals surface area contributed by atoms with E-state index in [1.165, 1.54) is 24.0 Å². The van der Waals surface area contributed by atoms with E-state index in [4.69, 9.17) is 5.73 Å². The van der Waals surface area contributed by atoms with E-state index in [9.17, 15) is 0 Å². The van der Waals surface area contributed by atoms with Gasteiger partial charge in [0.2, 0.25) is 0 Å². The van der Waals surface area contributed by atoms with Gasteiger partial charge in [0.15, 0.2) is 0 Å². The van der Waals surface area contributed by atoms with Crippen LogP contribution in [-0.4, -0.2) is 6.04 Å². The van der Waals surface area contributed by atoms with Crippen molar-refractivity contribution < 1.29 is 0 Å². The molecule has 0 aliphatic heterocycles. The molecule has 0 saturated heterocycles. The van der Waals surface area contributed by atoms with E-state index >= 15 is 0 Å². The number of fused-ring (bicyclic) bond motifs is 2. The van der Waals surface area contributed by atoms with Crippen molar-refractivity contribution in [3.63, 3.8) is 0 Å². The van der Waals surface area contributed by atoms with Crippen molar-refractivity contribution in [1.29, 1.82) is 0 Å². The highest BCUT2D eigenvalue weighted by molar-refractivity contribution is 5.48. The first-order valence-corrected chi connectivity index (χ1v) is 5.09. The van der Waals surface area contributed by atoms with Crippen LogP contribution in [0.25, 0.3) is 0 Å². The molecule has 0 heterocycles.